The minimum atomic E-state index is 1.27. The van der Waals surface area contributed by atoms with Crippen molar-refractivity contribution in [1.29, 1.82) is 0 Å². The van der Waals surface area contributed by atoms with E-state index in [0.717, 1.165) is 0 Å². The average Bonchev–Trinajstić information content (AvgIpc) is 2.30. The van der Waals surface area contributed by atoms with Gasteiger partial charge in [-0.3, -0.25) is 0 Å². The zero-order valence-corrected chi connectivity index (χ0v) is 12.4. The molecule has 0 aromatic heterocycles. The summed E-state index contributed by atoms with van der Waals surface area (Å²) in [6, 6.07) is 8.79. The summed E-state index contributed by atoms with van der Waals surface area (Å²) in [7, 11) is 0. The summed E-state index contributed by atoms with van der Waals surface area (Å²) >= 11 is 2.15. The minimum absolute atomic E-state index is 1.27. The second-order valence-electron chi connectivity index (χ2n) is 4.48. The number of aryl methyl sites for hydroxylation is 1. The summed E-state index contributed by atoms with van der Waals surface area (Å²) < 4.78 is 1.46. The van der Waals surface area contributed by atoms with Gasteiger partial charge in [0.05, 0.1) is 0 Å². The van der Waals surface area contributed by atoms with Gasteiger partial charge in [-0.2, -0.15) is 0 Å². The zero-order chi connectivity index (χ0) is 11.6. The van der Waals surface area contributed by atoms with Crippen LogP contribution in [0.1, 0.15) is 57.4 Å². The van der Waals surface area contributed by atoms with Crippen molar-refractivity contribution in [2.45, 2.75) is 58.3 Å². The average molecular weight is 299 g/mol. The topological polar surface area (TPSA) is 0 Å². The zero-order valence-electron chi connectivity index (χ0n) is 10.4. The van der Waals surface area contributed by atoms with Crippen molar-refractivity contribution in [1.82, 2.24) is 0 Å². The van der Waals surface area contributed by atoms with Crippen LogP contribution in [0.25, 0.3) is 0 Å². The van der Waals surface area contributed by atoms with E-state index in [1.54, 1.807) is 5.56 Å². The molecule has 0 saturated heterocycles. The van der Waals surface area contributed by atoms with Crippen LogP contribution in [-0.2, 0) is 26.2 Å². The van der Waals surface area contributed by atoms with Gasteiger partial charge in [0.2, 0.25) is 0 Å². The second kappa shape index (κ2) is 8.99. The van der Waals surface area contributed by atoms with Crippen molar-refractivity contribution in [3.63, 3.8) is 0 Å². The van der Waals surface area contributed by atoms with Crippen molar-refractivity contribution < 1.29 is 19.8 Å². The van der Waals surface area contributed by atoms with Crippen molar-refractivity contribution in [2.24, 2.45) is 0 Å². The van der Waals surface area contributed by atoms with Gasteiger partial charge in [0.1, 0.15) is 0 Å². The summed E-state index contributed by atoms with van der Waals surface area (Å²) in [6.07, 6.45) is 11.1. The van der Waals surface area contributed by atoms with Gasteiger partial charge >= 0.3 is 112 Å². The summed E-state index contributed by atoms with van der Waals surface area (Å²) in [4.78, 5) is 0. The fraction of sp³-hybridized carbons (Fsp3) is 0.600. The van der Waals surface area contributed by atoms with Crippen molar-refractivity contribution in [2.75, 3.05) is 0 Å². The summed E-state index contributed by atoms with van der Waals surface area (Å²) in [5.74, 6) is 0. The molecule has 0 N–H and O–H groups in total. The van der Waals surface area contributed by atoms with Gasteiger partial charge < -0.3 is 0 Å². The van der Waals surface area contributed by atoms with Crippen LogP contribution in [0.5, 0.6) is 0 Å². The van der Waals surface area contributed by atoms with E-state index < -0.39 is 0 Å². The second-order valence-corrected chi connectivity index (χ2v) is 5.56. The Bertz CT molecular complexity index is 281. The molecule has 1 aromatic rings. The third-order valence-electron chi connectivity index (χ3n) is 3.02. The molecule has 0 spiro atoms. The Hall–Kier alpha value is -0.0917. The van der Waals surface area contributed by atoms with E-state index in [4.69, 9.17) is 0 Å². The van der Waals surface area contributed by atoms with E-state index in [1.807, 2.05) is 0 Å². The maximum absolute atomic E-state index is 2.28. The Morgan fingerprint density at radius 2 is 1.50 bits per heavy atom. The number of hydrogen-bond donors (Lipinski definition) is 0. The Morgan fingerprint density at radius 1 is 0.875 bits per heavy atom. The fourth-order valence-corrected chi connectivity index (χ4v) is 2.59. The molecule has 0 amide bonds. The van der Waals surface area contributed by atoms with Crippen LogP contribution in [0.2, 0.25) is 0 Å². The Labute approximate surface area is 112 Å². The van der Waals surface area contributed by atoms with Crippen LogP contribution in [0, 0.1) is 0 Å². The first-order chi connectivity index (χ1) is 7.84. The molecular weight excluding hydrogens is 276 g/mol. The van der Waals surface area contributed by atoms with E-state index in [-0.39, 0.29) is 0 Å². The van der Waals surface area contributed by atoms with E-state index >= 15 is 0 Å². The van der Waals surface area contributed by atoms with Crippen molar-refractivity contribution in [3.05, 3.63) is 29.8 Å². The molecule has 0 nitrogen and oxygen atoms in total. The van der Waals surface area contributed by atoms with Crippen molar-refractivity contribution >= 4 is 3.95 Å². The van der Waals surface area contributed by atoms with Gasteiger partial charge in [0.25, 0.3) is 0 Å². The molecule has 0 fully saturated rings. The van der Waals surface area contributed by atoms with E-state index in [2.05, 4.69) is 51.0 Å². The SMILES string of the molecule is CCCCCCCCCc1cccc[c]1[Mo]. The standard InChI is InChI=1S/C15H23.Mo/c1-2-3-4-5-6-7-9-12-15-13-10-8-11-14-15;/h8,10-11,13H,2-7,9,12H2,1H3;. The number of unbranched alkanes of at least 4 members (excludes halogenated alkanes) is 6. The Morgan fingerprint density at radius 3 is 2.19 bits per heavy atom. The Balaban J connectivity index is 2.05. The molecule has 0 aliphatic heterocycles. The third-order valence-corrected chi connectivity index (χ3v) is 4.00. The molecule has 89 valence electrons. The monoisotopic (exact) mass is 301 g/mol. The molecule has 0 unspecified atom stereocenters. The van der Waals surface area contributed by atoms with Gasteiger partial charge in [-0.15, -0.1) is 0 Å². The first kappa shape index (κ1) is 14.0. The normalized spacial score (nSPS) is 10.6. The fourth-order valence-electron chi connectivity index (χ4n) is 1.98. The summed E-state index contributed by atoms with van der Waals surface area (Å²) in [6.45, 7) is 2.28. The first-order valence-electron chi connectivity index (χ1n) is 6.59. The first-order valence-corrected chi connectivity index (χ1v) is 7.60. The van der Waals surface area contributed by atoms with Crippen LogP contribution in [0.3, 0.4) is 0 Å². The molecule has 0 saturated carbocycles. The molecule has 0 atom stereocenters. The molecule has 1 rings (SSSR count). The Kier molecular flexibility index (Phi) is 7.85. The molecule has 0 bridgehead atoms. The molecule has 0 radical (unpaired) electrons. The van der Waals surface area contributed by atoms with Crippen LogP contribution < -0.4 is 3.95 Å². The number of rotatable bonds is 8. The van der Waals surface area contributed by atoms with Crippen LogP contribution in [-0.4, -0.2) is 0 Å². The molecular formula is C15H23Mo. The van der Waals surface area contributed by atoms with Gasteiger partial charge in [0.15, 0.2) is 0 Å². The molecule has 1 heteroatoms. The quantitative estimate of drug-likeness (QED) is 0.499. The van der Waals surface area contributed by atoms with E-state index in [0.29, 0.717) is 0 Å². The predicted octanol–water partition coefficient (Wildman–Crippen LogP) is 4.15. The van der Waals surface area contributed by atoms with Crippen molar-refractivity contribution in [3.8, 4) is 0 Å². The summed E-state index contributed by atoms with van der Waals surface area (Å²) in [5.41, 5.74) is 1.54. The van der Waals surface area contributed by atoms with Crippen LogP contribution in [0.4, 0.5) is 0 Å². The molecule has 0 aliphatic carbocycles. The van der Waals surface area contributed by atoms with Crippen LogP contribution >= 0.6 is 0 Å². The molecule has 0 heterocycles. The molecule has 16 heavy (non-hydrogen) atoms. The number of benzene rings is 1. The number of hydrogen-bond acceptors (Lipinski definition) is 0. The van der Waals surface area contributed by atoms with Gasteiger partial charge in [0, 0.05) is 0 Å². The molecule has 1 aromatic carbocycles. The van der Waals surface area contributed by atoms with Gasteiger partial charge in [-0.05, 0) is 0 Å². The maximum atomic E-state index is 2.28. The third kappa shape index (κ3) is 5.85. The van der Waals surface area contributed by atoms with Crippen LogP contribution in [0.15, 0.2) is 24.3 Å². The van der Waals surface area contributed by atoms with E-state index in [1.165, 1.54) is 55.3 Å². The summed E-state index contributed by atoms with van der Waals surface area (Å²) in [5, 5.41) is 0. The predicted molar refractivity (Wildman–Crippen MR) is 67.8 cm³/mol. The molecule has 0 aliphatic rings. The van der Waals surface area contributed by atoms with Gasteiger partial charge in [-0.25, -0.2) is 0 Å². The van der Waals surface area contributed by atoms with Gasteiger partial charge in [-0.1, -0.05) is 0 Å². The van der Waals surface area contributed by atoms with E-state index in [9.17, 15) is 0 Å².